The molecule has 3 aromatic carbocycles. The Hall–Kier alpha value is -6.75. The molecule has 0 saturated heterocycles. The Bertz CT molecular complexity index is 2080. The summed E-state index contributed by atoms with van der Waals surface area (Å²) in [6.07, 6.45) is 2.09. The number of H-pyrrole nitrogens is 1. The van der Waals surface area contributed by atoms with Crippen LogP contribution in [0.5, 0.6) is 0 Å². The lowest BCUT2D eigenvalue weighted by Gasteiger charge is -2.15. The number of aromatic nitrogens is 6. The Kier molecular flexibility index (Phi) is 13.9. The number of aromatic carboxylic acids is 1. The molecule has 17 heteroatoms. The summed E-state index contributed by atoms with van der Waals surface area (Å²) in [6, 6.07) is 24.2. The number of hydrogen-bond donors (Lipinski definition) is 7. The summed E-state index contributed by atoms with van der Waals surface area (Å²) in [5, 5.41) is 41.2. The van der Waals surface area contributed by atoms with Crippen molar-refractivity contribution in [2.45, 2.75) is 52.1 Å². The number of aryl methyl sites for hydroxylation is 1. The number of rotatable bonds is 19. The van der Waals surface area contributed by atoms with E-state index in [1.54, 1.807) is 34.9 Å². The molecule has 0 bridgehead atoms. The number of benzene rings is 3. The molecule has 0 spiro atoms. The Morgan fingerprint density at radius 1 is 0.836 bits per heavy atom. The average Bonchev–Trinajstić information content (AvgIpc) is 3.86. The first-order chi connectivity index (χ1) is 26.7. The first kappa shape index (κ1) is 39.5. The number of imidazole rings is 1. The van der Waals surface area contributed by atoms with Gasteiger partial charge in [0.2, 0.25) is 17.7 Å². The van der Waals surface area contributed by atoms with Gasteiger partial charge in [-0.25, -0.2) is 20.4 Å². The number of amides is 4. The minimum absolute atomic E-state index is 0.00972. The summed E-state index contributed by atoms with van der Waals surface area (Å²) < 4.78 is 1.67. The van der Waals surface area contributed by atoms with Gasteiger partial charge < -0.3 is 25.6 Å². The first-order valence-corrected chi connectivity index (χ1v) is 17.7. The number of unbranched alkanes of at least 4 members (excludes halogenated alkanes) is 1. The fourth-order valence-corrected chi connectivity index (χ4v) is 5.97. The van der Waals surface area contributed by atoms with Crippen molar-refractivity contribution in [3.63, 3.8) is 0 Å². The van der Waals surface area contributed by atoms with E-state index < -0.39 is 42.1 Å². The van der Waals surface area contributed by atoms with E-state index in [1.807, 2.05) is 55.5 Å². The fourth-order valence-electron chi connectivity index (χ4n) is 5.97. The molecule has 0 aliphatic carbocycles. The van der Waals surface area contributed by atoms with Crippen LogP contribution in [-0.2, 0) is 45.1 Å². The molecule has 2 heterocycles. The van der Waals surface area contributed by atoms with Crippen LogP contribution in [-0.4, -0.2) is 83.2 Å². The molecular weight excluding hydrogens is 708 g/mol. The Balaban J connectivity index is 1.17. The SMILES string of the molecule is CCCCc1nc(CNC(=O)CCNC(=O)CNC(=O)C(Cc2ccccc2)C(=O)NO)c(C(=O)O)n1Cc1ccc(-c2ccccc2-c2nnn[nH]2)cc1. The second-order valence-electron chi connectivity index (χ2n) is 12.6. The number of nitrogens with one attached hydrogen (secondary N) is 5. The number of carbonyl (C=O) groups is 5. The minimum atomic E-state index is -1.27. The van der Waals surface area contributed by atoms with E-state index in [9.17, 15) is 29.1 Å². The van der Waals surface area contributed by atoms with E-state index in [0.29, 0.717) is 23.6 Å². The van der Waals surface area contributed by atoms with Gasteiger partial charge in [0, 0.05) is 31.5 Å². The van der Waals surface area contributed by atoms with E-state index in [1.165, 1.54) is 5.48 Å². The van der Waals surface area contributed by atoms with Gasteiger partial charge in [0.1, 0.15) is 11.7 Å². The highest BCUT2D eigenvalue weighted by Gasteiger charge is 2.27. The average molecular weight is 751 g/mol. The third-order valence-electron chi connectivity index (χ3n) is 8.78. The Labute approximate surface area is 315 Å². The summed E-state index contributed by atoms with van der Waals surface area (Å²) in [5.74, 6) is -4.04. The molecule has 4 amide bonds. The monoisotopic (exact) mass is 750 g/mol. The van der Waals surface area contributed by atoms with E-state index in [4.69, 9.17) is 5.21 Å². The van der Waals surface area contributed by atoms with Gasteiger partial charge in [-0.2, -0.15) is 0 Å². The predicted octanol–water partition coefficient (Wildman–Crippen LogP) is 2.42. The minimum Gasteiger partial charge on any atom is -0.477 e. The lowest BCUT2D eigenvalue weighted by molar-refractivity contribution is -0.141. The standard InChI is InChI=1S/C38H42N10O7/c1-2-3-13-31-42-30(21-40-32(49)18-19-39-33(50)22-41-36(51)29(37(52)45-55)20-24-9-5-4-6-10-24)34(38(53)54)48(31)23-25-14-16-26(17-15-25)27-11-7-8-12-28(27)35-43-46-47-44-35/h4-12,14-17,29,55H,2-3,13,18-23H2,1H3,(H,39,50)(H,40,49)(H,41,51)(H,45,52)(H,53,54)(H,43,44,46,47). The maximum Gasteiger partial charge on any atom is 0.354 e. The zero-order chi connectivity index (χ0) is 39.2. The number of aromatic amines is 1. The van der Waals surface area contributed by atoms with Crippen molar-refractivity contribution < 1.29 is 34.3 Å². The van der Waals surface area contributed by atoms with Crippen LogP contribution in [0.2, 0.25) is 0 Å². The molecule has 5 aromatic rings. The number of nitrogens with zero attached hydrogens (tertiary/aromatic N) is 5. The molecule has 286 valence electrons. The second kappa shape index (κ2) is 19.4. The molecule has 0 aliphatic rings. The van der Waals surface area contributed by atoms with Crippen molar-refractivity contribution in [1.82, 2.24) is 51.6 Å². The molecule has 7 N–H and O–H groups in total. The smallest absolute Gasteiger partial charge is 0.354 e. The molecule has 55 heavy (non-hydrogen) atoms. The molecule has 5 rings (SSSR count). The third kappa shape index (κ3) is 10.7. The number of carboxylic acids is 1. The largest absolute Gasteiger partial charge is 0.477 e. The zero-order valence-corrected chi connectivity index (χ0v) is 30.1. The van der Waals surface area contributed by atoms with E-state index in [2.05, 4.69) is 41.6 Å². The van der Waals surface area contributed by atoms with Crippen LogP contribution in [0.1, 0.15) is 59.3 Å². The molecule has 0 saturated carbocycles. The number of tetrazole rings is 1. The highest BCUT2D eigenvalue weighted by molar-refractivity contribution is 6.01. The first-order valence-electron chi connectivity index (χ1n) is 17.7. The van der Waals surface area contributed by atoms with Gasteiger partial charge in [0.15, 0.2) is 11.5 Å². The van der Waals surface area contributed by atoms with Crippen LogP contribution in [0, 0.1) is 5.92 Å². The van der Waals surface area contributed by atoms with Gasteiger partial charge in [-0.3, -0.25) is 24.4 Å². The Morgan fingerprint density at radius 2 is 1.56 bits per heavy atom. The van der Waals surface area contributed by atoms with Gasteiger partial charge >= 0.3 is 5.97 Å². The number of carboxylic acid groups (broad SMARTS) is 1. The summed E-state index contributed by atoms with van der Waals surface area (Å²) in [6.45, 7) is 1.61. The summed E-state index contributed by atoms with van der Waals surface area (Å²) >= 11 is 0. The van der Waals surface area contributed by atoms with Gasteiger partial charge in [0.25, 0.3) is 5.91 Å². The third-order valence-corrected chi connectivity index (χ3v) is 8.78. The fraction of sp³-hybridized carbons (Fsp3) is 0.289. The summed E-state index contributed by atoms with van der Waals surface area (Å²) in [4.78, 5) is 67.1. The summed E-state index contributed by atoms with van der Waals surface area (Å²) in [5.41, 5.74) is 5.89. The number of hydroxylamine groups is 1. The molecule has 17 nitrogen and oxygen atoms in total. The molecule has 1 atom stereocenters. The maximum absolute atomic E-state index is 12.7. The molecule has 1 unspecified atom stereocenters. The van der Waals surface area contributed by atoms with Crippen molar-refractivity contribution in [3.8, 4) is 22.5 Å². The summed E-state index contributed by atoms with van der Waals surface area (Å²) in [7, 11) is 0. The van der Waals surface area contributed by atoms with Gasteiger partial charge in [-0.15, -0.1) is 5.10 Å². The normalized spacial score (nSPS) is 11.4. The molecule has 2 aromatic heterocycles. The lowest BCUT2D eigenvalue weighted by atomic mass is 9.98. The van der Waals surface area contributed by atoms with Crippen molar-refractivity contribution in [2.24, 2.45) is 5.92 Å². The van der Waals surface area contributed by atoms with Crippen molar-refractivity contribution in [2.75, 3.05) is 13.1 Å². The van der Waals surface area contributed by atoms with Crippen LogP contribution in [0.3, 0.4) is 0 Å². The highest BCUT2D eigenvalue weighted by atomic mass is 16.5. The van der Waals surface area contributed by atoms with Crippen molar-refractivity contribution in [1.29, 1.82) is 0 Å². The van der Waals surface area contributed by atoms with Crippen LogP contribution < -0.4 is 21.4 Å². The zero-order valence-electron chi connectivity index (χ0n) is 30.1. The van der Waals surface area contributed by atoms with Crippen molar-refractivity contribution >= 4 is 29.6 Å². The van der Waals surface area contributed by atoms with E-state index in [-0.39, 0.29) is 43.9 Å². The Morgan fingerprint density at radius 3 is 2.24 bits per heavy atom. The van der Waals surface area contributed by atoms with Crippen LogP contribution in [0.25, 0.3) is 22.5 Å². The second-order valence-corrected chi connectivity index (χ2v) is 12.6. The van der Waals surface area contributed by atoms with Gasteiger partial charge in [0.05, 0.1) is 18.8 Å². The molecule has 0 aliphatic heterocycles. The van der Waals surface area contributed by atoms with E-state index >= 15 is 0 Å². The topological polar surface area (TPSA) is 246 Å². The maximum atomic E-state index is 12.7. The van der Waals surface area contributed by atoms with Crippen molar-refractivity contribution in [3.05, 3.63) is 107 Å². The lowest BCUT2D eigenvalue weighted by Crippen LogP contribution is -2.45. The number of carbonyl (C=O) groups excluding carboxylic acids is 4. The predicted molar refractivity (Wildman–Crippen MR) is 198 cm³/mol. The molecular formula is C38H42N10O7. The highest BCUT2D eigenvalue weighted by Crippen LogP contribution is 2.30. The van der Waals surface area contributed by atoms with Crippen LogP contribution in [0.15, 0.2) is 78.9 Å². The van der Waals surface area contributed by atoms with Crippen LogP contribution in [0.4, 0.5) is 0 Å². The quantitative estimate of drug-likeness (QED) is 0.0367. The molecule has 0 fully saturated rings. The van der Waals surface area contributed by atoms with E-state index in [0.717, 1.165) is 35.1 Å². The van der Waals surface area contributed by atoms with Gasteiger partial charge in [-0.1, -0.05) is 92.2 Å². The number of hydrogen-bond acceptors (Lipinski definition) is 10. The van der Waals surface area contributed by atoms with Gasteiger partial charge in [-0.05, 0) is 45.5 Å². The molecule has 0 radical (unpaired) electrons. The van der Waals surface area contributed by atoms with Crippen LogP contribution >= 0.6 is 0 Å².